The topological polar surface area (TPSA) is 46.6 Å². The maximum Gasteiger partial charge on any atom is 0.162 e. The van der Waals surface area contributed by atoms with E-state index in [9.17, 15) is 0 Å². The average Bonchev–Trinajstić information content (AvgIpc) is 2.81. The summed E-state index contributed by atoms with van der Waals surface area (Å²) in [4.78, 5) is 6.98. The summed E-state index contributed by atoms with van der Waals surface area (Å²) >= 11 is 0. The molecule has 110 valence electrons. The zero-order valence-electron chi connectivity index (χ0n) is 12.0. The van der Waals surface area contributed by atoms with Crippen LogP contribution < -0.4 is 19.7 Å². The van der Waals surface area contributed by atoms with Crippen molar-refractivity contribution in [2.75, 3.05) is 44.3 Å². The third-order valence-electron chi connectivity index (χ3n) is 4.05. The van der Waals surface area contributed by atoms with Crippen LogP contribution in [0.25, 0.3) is 10.8 Å². The summed E-state index contributed by atoms with van der Waals surface area (Å²) in [5, 5.41) is 5.73. The van der Waals surface area contributed by atoms with Gasteiger partial charge in [-0.15, -0.1) is 0 Å². The van der Waals surface area contributed by atoms with Crippen LogP contribution in [0.2, 0.25) is 0 Å². The lowest BCUT2D eigenvalue weighted by molar-refractivity contribution is 0.172. The fourth-order valence-corrected chi connectivity index (χ4v) is 3.00. The minimum atomic E-state index is 0.613. The standard InChI is InChI=1S/C16H19N3O2/c1-3-17-5-7-19(6-1)16-13-11-15-14(20-8-9-21-15)10-12(13)2-4-18-16/h2,4,10-11,17H,1,3,5-9H2. The third-order valence-corrected chi connectivity index (χ3v) is 4.05. The molecule has 0 amide bonds. The smallest absolute Gasteiger partial charge is 0.162 e. The predicted octanol–water partition coefficient (Wildman–Crippen LogP) is 1.81. The van der Waals surface area contributed by atoms with Gasteiger partial charge in [0.05, 0.1) is 0 Å². The summed E-state index contributed by atoms with van der Waals surface area (Å²) in [6.07, 6.45) is 3.02. The molecule has 21 heavy (non-hydrogen) atoms. The van der Waals surface area contributed by atoms with Gasteiger partial charge in [-0.25, -0.2) is 4.98 Å². The lowest BCUT2D eigenvalue weighted by Gasteiger charge is -2.24. The molecule has 3 heterocycles. The van der Waals surface area contributed by atoms with Crippen molar-refractivity contribution in [2.24, 2.45) is 0 Å². The van der Waals surface area contributed by atoms with E-state index in [1.807, 2.05) is 12.3 Å². The van der Waals surface area contributed by atoms with Crippen LogP contribution >= 0.6 is 0 Å². The molecule has 0 radical (unpaired) electrons. The maximum atomic E-state index is 5.71. The van der Waals surface area contributed by atoms with Crippen LogP contribution in [0, 0.1) is 0 Å². The van der Waals surface area contributed by atoms with E-state index >= 15 is 0 Å². The van der Waals surface area contributed by atoms with Gasteiger partial charge in [-0.2, -0.15) is 0 Å². The van der Waals surface area contributed by atoms with E-state index in [4.69, 9.17) is 9.47 Å². The number of hydrogen-bond acceptors (Lipinski definition) is 5. The average molecular weight is 285 g/mol. The Morgan fingerprint density at radius 3 is 2.81 bits per heavy atom. The van der Waals surface area contributed by atoms with E-state index in [-0.39, 0.29) is 0 Å². The second-order valence-corrected chi connectivity index (χ2v) is 5.44. The van der Waals surface area contributed by atoms with Gasteiger partial charge in [0.1, 0.15) is 19.0 Å². The number of hydrogen-bond donors (Lipinski definition) is 1. The Morgan fingerprint density at radius 2 is 1.90 bits per heavy atom. The monoisotopic (exact) mass is 285 g/mol. The van der Waals surface area contributed by atoms with Crippen molar-refractivity contribution in [1.82, 2.24) is 10.3 Å². The molecule has 1 aromatic carbocycles. The number of rotatable bonds is 1. The van der Waals surface area contributed by atoms with E-state index < -0.39 is 0 Å². The highest BCUT2D eigenvalue weighted by atomic mass is 16.6. The molecular formula is C16H19N3O2. The molecule has 5 heteroatoms. The molecule has 2 aliphatic rings. The van der Waals surface area contributed by atoms with E-state index in [0.29, 0.717) is 13.2 Å². The van der Waals surface area contributed by atoms with Gasteiger partial charge < -0.3 is 19.7 Å². The van der Waals surface area contributed by atoms with Crippen molar-refractivity contribution in [3.05, 3.63) is 24.4 Å². The van der Waals surface area contributed by atoms with Crippen LogP contribution in [-0.2, 0) is 0 Å². The molecule has 5 nitrogen and oxygen atoms in total. The summed E-state index contributed by atoms with van der Waals surface area (Å²) < 4.78 is 11.4. The zero-order valence-corrected chi connectivity index (χ0v) is 12.0. The molecule has 4 rings (SSSR count). The van der Waals surface area contributed by atoms with Crippen molar-refractivity contribution < 1.29 is 9.47 Å². The SMILES string of the molecule is c1cc2cc3c(cc2c(N2CCCNCC2)n1)OCCO3. The molecule has 1 aromatic heterocycles. The van der Waals surface area contributed by atoms with E-state index in [1.54, 1.807) is 0 Å². The first-order valence-electron chi connectivity index (χ1n) is 7.56. The van der Waals surface area contributed by atoms with E-state index in [0.717, 1.165) is 60.7 Å². The summed E-state index contributed by atoms with van der Waals surface area (Å²) in [7, 11) is 0. The van der Waals surface area contributed by atoms with Gasteiger partial charge in [-0.3, -0.25) is 0 Å². The van der Waals surface area contributed by atoms with Crippen LogP contribution in [0.15, 0.2) is 24.4 Å². The first-order chi connectivity index (χ1) is 10.4. The van der Waals surface area contributed by atoms with Gasteiger partial charge in [0, 0.05) is 31.2 Å². The third kappa shape index (κ3) is 2.38. The molecule has 1 saturated heterocycles. The van der Waals surface area contributed by atoms with Crippen molar-refractivity contribution in [3.8, 4) is 11.5 Å². The van der Waals surface area contributed by atoms with Gasteiger partial charge in [0.2, 0.25) is 0 Å². The Kier molecular flexibility index (Phi) is 3.27. The molecule has 1 fully saturated rings. The first kappa shape index (κ1) is 12.7. The number of pyridine rings is 1. The fraction of sp³-hybridized carbons (Fsp3) is 0.438. The highest BCUT2D eigenvalue weighted by Gasteiger charge is 2.18. The molecule has 0 spiro atoms. The minimum absolute atomic E-state index is 0.613. The molecule has 2 aliphatic heterocycles. The van der Waals surface area contributed by atoms with Gasteiger partial charge in [-0.1, -0.05) is 0 Å². The molecule has 0 bridgehead atoms. The number of benzene rings is 1. The Hall–Kier alpha value is -2.01. The van der Waals surface area contributed by atoms with E-state index in [2.05, 4.69) is 27.3 Å². The molecule has 0 aliphatic carbocycles. The number of nitrogens with zero attached hydrogens (tertiary/aromatic N) is 2. The summed E-state index contributed by atoms with van der Waals surface area (Å²) in [6.45, 7) is 5.33. The second kappa shape index (κ2) is 5.41. The van der Waals surface area contributed by atoms with Crippen molar-refractivity contribution in [3.63, 3.8) is 0 Å². The van der Waals surface area contributed by atoms with Crippen LogP contribution in [-0.4, -0.2) is 44.4 Å². The summed E-state index contributed by atoms with van der Waals surface area (Å²) in [5.41, 5.74) is 0. The lowest BCUT2D eigenvalue weighted by atomic mass is 10.1. The van der Waals surface area contributed by atoms with Crippen molar-refractivity contribution in [2.45, 2.75) is 6.42 Å². The van der Waals surface area contributed by atoms with Gasteiger partial charge in [0.15, 0.2) is 11.5 Å². The maximum absolute atomic E-state index is 5.71. The predicted molar refractivity (Wildman–Crippen MR) is 82.4 cm³/mol. The van der Waals surface area contributed by atoms with Crippen LogP contribution in [0.5, 0.6) is 11.5 Å². The minimum Gasteiger partial charge on any atom is -0.486 e. The molecule has 0 unspecified atom stereocenters. The first-order valence-corrected chi connectivity index (χ1v) is 7.56. The second-order valence-electron chi connectivity index (χ2n) is 5.44. The van der Waals surface area contributed by atoms with Crippen LogP contribution in [0.4, 0.5) is 5.82 Å². The number of aromatic nitrogens is 1. The van der Waals surface area contributed by atoms with E-state index in [1.165, 1.54) is 0 Å². The van der Waals surface area contributed by atoms with Gasteiger partial charge in [0.25, 0.3) is 0 Å². The Balaban J connectivity index is 1.81. The van der Waals surface area contributed by atoms with Gasteiger partial charge in [-0.05, 0) is 36.6 Å². The molecule has 0 saturated carbocycles. The number of ether oxygens (including phenoxy) is 2. The number of anilines is 1. The number of nitrogens with one attached hydrogen (secondary N) is 1. The number of fused-ring (bicyclic) bond motifs is 2. The normalized spacial score (nSPS) is 18.6. The van der Waals surface area contributed by atoms with Crippen molar-refractivity contribution >= 4 is 16.6 Å². The summed E-state index contributed by atoms with van der Waals surface area (Å²) in [6, 6.07) is 6.17. The highest BCUT2D eigenvalue weighted by molar-refractivity contribution is 5.94. The zero-order chi connectivity index (χ0) is 14.1. The molecule has 2 aromatic rings. The van der Waals surface area contributed by atoms with Gasteiger partial charge >= 0.3 is 0 Å². The Labute approximate surface area is 123 Å². The highest BCUT2D eigenvalue weighted by Crippen LogP contribution is 2.37. The molecule has 0 atom stereocenters. The molecule has 1 N–H and O–H groups in total. The Morgan fingerprint density at radius 1 is 1.05 bits per heavy atom. The lowest BCUT2D eigenvalue weighted by Crippen LogP contribution is -2.28. The Bertz CT molecular complexity index is 651. The van der Waals surface area contributed by atoms with Crippen LogP contribution in [0.3, 0.4) is 0 Å². The van der Waals surface area contributed by atoms with Crippen molar-refractivity contribution in [1.29, 1.82) is 0 Å². The quantitative estimate of drug-likeness (QED) is 0.866. The fourth-order valence-electron chi connectivity index (χ4n) is 3.00. The summed E-state index contributed by atoms with van der Waals surface area (Å²) in [5.74, 6) is 2.72. The molecular weight excluding hydrogens is 266 g/mol. The largest absolute Gasteiger partial charge is 0.486 e. The van der Waals surface area contributed by atoms with Crippen LogP contribution in [0.1, 0.15) is 6.42 Å².